The van der Waals surface area contributed by atoms with Crippen LogP contribution in [0.2, 0.25) is 0 Å². The summed E-state index contributed by atoms with van der Waals surface area (Å²) >= 11 is 0.698. The van der Waals surface area contributed by atoms with Gasteiger partial charge in [-0.25, -0.2) is 0 Å². The molecule has 3 N–H and O–H groups in total. The van der Waals surface area contributed by atoms with Crippen LogP contribution in [0.5, 0.6) is 0 Å². The van der Waals surface area contributed by atoms with Crippen LogP contribution in [0.25, 0.3) is 0 Å². The molecule has 8 heteroatoms. The molecule has 4 nitrogen and oxygen atoms in total. The molecule has 0 spiro atoms. The molecule has 0 saturated carbocycles. The number of hydrogen-bond acceptors (Lipinski definition) is 5. The zero-order chi connectivity index (χ0) is 12.2. The molecule has 16 heavy (non-hydrogen) atoms. The Kier molecular flexibility index (Phi) is 4.48. The fourth-order valence-electron chi connectivity index (χ4n) is 1.17. The Hall–Kier alpha value is -0.890. The van der Waals surface area contributed by atoms with Crippen molar-refractivity contribution in [3.63, 3.8) is 0 Å². The third-order valence-electron chi connectivity index (χ3n) is 1.93. The van der Waals surface area contributed by atoms with E-state index in [9.17, 15) is 13.2 Å². The van der Waals surface area contributed by atoms with E-state index in [0.29, 0.717) is 18.1 Å². The Balaban J connectivity index is 2.64. The summed E-state index contributed by atoms with van der Waals surface area (Å²) < 4.78 is 39.8. The SMILES string of the molecule is CCCC(CN)Nc1nc(C(F)(F)F)ns1. The first kappa shape index (κ1) is 13.2. The predicted octanol–water partition coefficient (Wildman–Crippen LogP) is 2.10. The van der Waals surface area contributed by atoms with Gasteiger partial charge in [0.15, 0.2) is 0 Å². The molecule has 0 saturated heterocycles. The van der Waals surface area contributed by atoms with Crippen molar-refractivity contribution in [2.75, 3.05) is 11.9 Å². The van der Waals surface area contributed by atoms with Gasteiger partial charge in [-0.05, 0) is 6.42 Å². The lowest BCUT2D eigenvalue weighted by Gasteiger charge is -2.13. The van der Waals surface area contributed by atoms with Gasteiger partial charge in [0.2, 0.25) is 11.0 Å². The van der Waals surface area contributed by atoms with Crippen LogP contribution < -0.4 is 11.1 Å². The Morgan fingerprint density at radius 2 is 2.19 bits per heavy atom. The second kappa shape index (κ2) is 5.44. The first-order chi connectivity index (χ1) is 7.47. The van der Waals surface area contributed by atoms with Crippen molar-refractivity contribution < 1.29 is 13.2 Å². The zero-order valence-corrected chi connectivity index (χ0v) is 9.53. The van der Waals surface area contributed by atoms with E-state index in [4.69, 9.17) is 5.73 Å². The summed E-state index contributed by atoms with van der Waals surface area (Å²) in [7, 11) is 0. The number of rotatable bonds is 5. The average Bonchev–Trinajstić information content (AvgIpc) is 2.65. The molecule has 1 rings (SSSR count). The normalized spacial score (nSPS) is 13.8. The first-order valence-corrected chi connectivity index (χ1v) is 5.62. The van der Waals surface area contributed by atoms with Gasteiger partial charge < -0.3 is 11.1 Å². The summed E-state index contributed by atoms with van der Waals surface area (Å²) in [5.41, 5.74) is 5.47. The van der Waals surface area contributed by atoms with Crippen molar-refractivity contribution in [3.05, 3.63) is 5.82 Å². The minimum atomic E-state index is -4.49. The quantitative estimate of drug-likeness (QED) is 0.844. The van der Waals surface area contributed by atoms with Crippen LogP contribution in [0.4, 0.5) is 18.3 Å². The minimum absolute atomic E-state index is 0.0565. The standard InChI is InChI=1S/C8H13F3N4S/c1-2-3-5(4-12)13-7-14-6(15-16-7)8(9,10)11/h5H,2-4,12H2,1H3,(H,13,14,15). The number of hydrogen-bond donors (Lipinski definition) is 2. The lowest BCUT2D eigenvalue weighted by atomic mass is 10.2. The Labute approximate surface area is 95.2 Å². The fourth-order valence-corrected chi connectivity index (χ4v) is 1.83. The number of aromatic nitrogens is 2. The summed E-state index contributed by atoms with van der Waals surface area (Å²) in [6.07, 6.45) is -2.80. The van der Waals surface area contributed by atoms with Gasteiger partial charge >= 0.3 is 6.18 Å². The highest BCUT2D eigenvalue weighted by atomic mass is 32.1. The van der Waals surface area contributed by atoms with E-state index in [2.05, 4.69) is 14.7 Å². The number of halogens is 3. The van der Waals surface area contributed by atoms with Gasteiger partial charge in [0.05, 0.1) is 0 Å². The molecule has 1 atom stereocenters. The fraction of sp³-hybridized carbons (Fsp3) is 0.750. The van der Waals surface area contributed by atoms with Crippen LogP contribution in [0.15, 0.2) is 0 Å². The number of nitrogens with zero attached hydrogens (tertiary/aromatic N) is 2. The van der Waals surface area contributed by atoms with Crippen LogP contribution in [-0.4, -0.2) is 21.9 Å². The highest BCUT2D eigenvalue weighted by Gasteiger charge is 2.36. The summed E-state index contributed by atoms with van der Waals surface area (Å²) in [6.45, 7) is 2.33. The van der Waals surface area contributed by atoms with Crippen LogP contribution in [0.1, 0.15) is 25.6 Å². The Bertz CT molecular complexity index is 325. The molecule has 0 aliphatic rings. The van der Waals surface area contributed by atoms with Crippen molar-refractivity contribution in [2.24, 2.45) is 5.73 Å². The number of alkyl halides is 3. The Morgan fingerprint density at radius 1 is 1.50 bits per heavy atom. The number of anilines is 1. The van der Waals surface area contributed by atoms with Gasteiger partial charge in [-0.3, -0.25) is 0 Å². The molecule has 1 aromatic heterocycles. The summed E-state index contributed by atoms with van der Waals surface area (Å²) in [6, 6.07) is -0.0565. The van der Waals surface area contributed by atoms with E-state index in [1.54, 1.807) is 0 Å². The van der Waals surface area contributed by atoms with Gasteiger partial charge in [0.25, 0.3) is 0 Å². The smallest absolute Gasteiger partial charge is 0.356 e. The largest absolute Gasteiger partial charge is 0.452 e. The minimum Gasteiger partial charge on any atom is -0.356 e. The molecule has 0 amide bonds. The molecule has 1 heterocycles. The van der Waals surface area contributed by atoms with Crippen LogP contribution in [-0.2, 0) is 6.18 Å². The van der Waals surface area contributed by atoms with E-state index in [1.807, 2.05) is 6.92 Å². The van der Waals surface area contributed by atoms with Gasteiger partial charge in [-0.1, -0.05) is 13.3 Å². The molecule has 0 radical (unpaired) electrons. The van der Waals surface area contributed by atoms with Crippen molar-refractivity contribution in [2.45, 2.75) is 32.0 Å². The highest BCUT2D eigenvalue weighted by molar-refractivity contribution is 7.09. The van der Waals surface area contributed by atoms with Crippen molar-refractivity contribution in [1.29, 1.82) is 0 Å². The first-order valence-electron chi connectivity index (χ1n) is 4.84. The van der Waals surface area contributed by atoms with Gasteiger partial charge in [-0.15, -0.1) is 0 Å². The molecular weight excluding hydrogens is 241 g/mol. The van der Waals surface area contributed by atoms with E-state index in [1.165, 1.54) is 0 Å². The van der Waals surface area contributed by atoms with E-state index in [-0.39, 0.29) is 11.2 Å². The maximum atomic E-state index is 12.2. The summed E-state index contributed by atoms with van der Waals surface area (Å²) in [5, 5.41) is 3.01. The monoisotopic (exact) mass is 254 g/mol. The number of nitrogens with two attached hydrogens (primary N) is 1. The molecule has 0 bridgehead atoms. The molecule has 0 aliphatic heterocycles. The molecule has 0 aromatic carbocycles. The van der Waals surface area contributed by atoms with Crippen LogP contribution >= 0.6 is 11.5 Å². The van der Waals surface area contributed by atoms with Crippen molar-refractivity contribution in [1.82, 2.24) is 9.36 Å². The molecular formula is C8H13F3N4S. The maximum Gasteiger partial charge on any atom is 0.452 e. The molecule has 1 unspecified atom stereocenters. The van der Waals surface area contributed by atoms with E-state index >= 15 is 0 Å². The van der Waals surface area contributed by atoms with Gasteiger partial charge in [-0.2, -0.15) is 22.5 Å². The van der Waals surface area contributed by atoms with E-state index < -0.39 is 12.0 Å². The second-order valence-electron chi connectivity index (χ2n) is 3.29. The molecule has 0 aliphatic carbocycles. The number of nitrogens with one attached hydrogen (secondary N) is 1. The van der Waals surface area contributed by atoms with Crippen molar-refractivity contribution in [3.8, 4) is 0 Å². The predicted molar refractivity (Wildman–Crippen MR) is 56.3 cm³/mol. The summed E-state index contributed by atoms with van der Waals surface area (Å²) in [4.78, 5) is 3.37. The highest BCUT2D eigenvalue weighted by Crippen LogP contribution is 2.29. The van der Waals surface area contributed by atoms with E-state index in [0.717, 1.165) is 12.8 Å². The third-order valence-corrected chi connectivity index (χ3v) is 2.58. The Morgan fingerprint density at radius 3 is 2.62 bits per heavy atom. The van der Waals surface area contributed by atoms with Crippen LogP contribution in [0.3, 0.4) is 0 Å². The lowest BCUT2D eigenvalue weighted by molar-refractivity contribution is -0.144. The van der Waals surface area contributed by atoms with Crippen LogP contribution in [0, 0.1) is 0 Å². The molecule has 0 fully saturated rings. The van der Waals surface area contributed by atoms with Gasteiger partial charge in [0, 0.05) is 24.1 Å². The molecule has 1 aromatic rings. The zero-order valence-electron chi connectivity index (χ0n) is 8.71. The lowest BCUT2D eigenvalue weighted by Crippen LogP contribution is -2.28. The third kappa shape index (κ3) is 3.60. The van der Waals surface area contributed by atoms with Crippen molar-refractivity contribution >= 4 is 16.7 Å². The van der Waals surface area contributed by atoms with Gasteiger partial charge in [0.1, 0.15) is 0 Å². The average molecular weight is 254 g/mol. The topological polar surface area (TPSA) is 63.8 Å². The maximum absolute atomic E-state index is 12.2. The second-order valence-corrected chi connectivity index (χ2v) is 4.04. The molecule has 92 valence electrons. The summed E-state index contributed by atoms with van der Waals surface area (Å²) in [5.74, 6) is -1.10.